The van der Waals surface area contributed by atoms with Crippen molar-refractivity contribution < 1.29 is 15.0 Å². The molecule has 1 atom stereocenters. The highest BCUT2D eigenvalue weighted by atomic mass is 16.4. The summed E-state index contributed by atoms with van der Waals surface area (Å²) in [6.07, 6.45) is -0.508. The van der Waals surface area contributed by atoms with Crippen molar-refractivity contribution >= 4 is 6.09 Å². The Morgan fingerprint density at radius 2 is 2.38 bits per heavy atom. The normalized spacial score (nSPS) is 12.1. The zero-order chi connectivity index (χ0) is 9.68. The van der Waals surface area contributed by atoms with Crippen LogP contribution in [0.25, 0.3) is 0 Å². The molecule has 3 N–H and O–H groups in total. The highest BCUT2D eigenvalue weighted by Gasteiger charge is 2.08. The SMILES string of the molecule is O=C(O)NCC(O)c1ccccn1. The lowest BCUT2D eigenvalue weighted by atomic mass is 10.2. The first-order valence-electron chi connectivity index (χ1n) is 3.76. The lowest BCUT2D eigenvalue weighted by Gasteiger charge is -2.08. The number of aliphatic hydroxyl groups is 1. The summed E-state index contributed by atoms with van der Waals surface area (Å²) in [5, 5.41) is 19.7. The molecule has 0 spiro atoms. The molecule has 1 unspecified atom stereocenters. The predicted molar refractivity (Wildman–Crippen MR) is 45.2 cm³/mol. The fraction of sp³-hybridized carbons (Fsp3) is 0.250. The Kier molecular flexibility index (Phi) is 3.22. The monoisotopic (exact) mass is 182 g/mol. The van der Waals surface area contributed by atoms with Crippen molar-refractivity contribution in [2.75, 3.05) is 6.54 Å². The molecule has 70 valence electrons. The Hall–Kier alpha value is -1.62. The molecule has 1 aromatic rings. The second kappa shape index (κ2) is 4.42. The number of amides is 1. The number of carbonyl (C=O) groups is 1. The number of aliphatic hydroxyl groups excluding tert-OH is 1. The van der Waals surface area contributed by atoms with Crippen LogP contribution in [0, 0.1) is 0 Å². The Morgan fingerprint density at radius 3 is 2.92 bits per heavy atom. The highest BCUT2D eigenvalue weighted by molar-refractivity contribution is 5.64. The molecule has 13 heavy (non-hydrogen) atoms. The zero-order valence-corrected chi connectivity index (χ0v) is 6.84. The summed E-state index contributed by atoms with van der Waals surface area (Å²) in [4.78, 5) is 14.0. The van der Waals surface area contributed by atoms with Gasteiger partial charge in [-0.25, -0.2) is 4.79 Å². The molecule has 0 radical (unpaired) electrons. The molecule has 0 saturated carbocycles. The number of pyridine rings is 1. The van der Waals surface area contributed by atoms with Gasteiger partial charge in [0, 0.05) is 6.20 Å². The van der Waals surface area contributed by atoms with Gasteiger partial charge in [0.15, 0.2) is 0 Å². The second-order valence-electron chi connectivity index (χ2n) is 2.46. The zero-order valence-electron chi connectivity index (χ0n) is 6.84. The summed E-state index contributed by atoms with van der Waals surface area (Å²) in [6, 6.07) is 5.08. The number of hydrogen-bond acceptors (Lipinski definition) is 3. The highest BCUT2D eigenvalue weighted by Crippen LogP contribution is 2.06. The average Bonchev–Trinajstić information content (AvgIpc) is 2.15. The summed E-state index contributed by atoms with van der Waals surface area (Å²) in [5.74, 6) is 0. The minimum Gasteiger partial charge on any atom is -0.465 e. The largest absolute Gasteiger partial charge is 0.465 e. The molecule has 0 aromatic carbocycles. The van der Waals surface area contributed by atoms with Crippen molar-refractivity contribution in [3.05, 3.63) is 30.1 Å². The Morgan fingerprint density at radius 1 is 1.62 bits per heavy atom. The molecule has 1 rings (SSSR count). The van der Waals surface area contributed by atoms with Crippen LogP contribution >= 0.6 is 0 Å². The maximum atomic E-state index is 10.1. The van der Waals surface area contributed by atoms with Crippen LogP contribution in [-0.4, -0.2) is 27.8 Å². The van der Waals surface area contributed by atoms with Crippen LogP contribution in [0.5, 0.6) is 0 Å². The van der Waals surface area contributed by atoms with Gasteiger partial charge in [0.1, 0.15) is 6.10 Å². The van der Waals surface area contributed by atoms with Crippen LogP contribution in [-0.2, 0) is 0 Å². The van der Waals surface area contributed by atoms with Gasteiger partial charge in [-0.05, 0) is 12.1 Å². The second-order valence-corrected chi connectivity index (χ2v) is 2.46. The van der Waals surface area contributed by atoms with Crippen molar-refractivity contribution in [3.8, 4) is 0 Å². The van der Waals surface area contributed by atoms with E-state index in [9.17, 15) is 9.90 Å². The van der Waals surface area contributed by atoms with E-state index in [0.717, 1.165) is 0 Å². The smallest absolute Gasteiger partial charge is 0.404 e. The molecule has 0 aliphatic heterocycles. The van der Waals surface area contributed by atoms with Crippen molar-refractivity contribution in [2.45, 2.75) is 6.10 Å². The van der Waals surface area contributed by atoms with Crippen molar-refractivity contribution in [3.63, 3.8) is 0 Å². The third-order valence-electron chi connectivity index (χ3n) is 1.48. The van der Waals surface area contributed by atoms with Gasteiger partial charge in [-0.2, -0.15) is 0 Å². The molecule has 0 aliphatic carbocycles. The van der Waals surface area contributed by atoms with Gasteiger partial charge in [-0.15, -0.1) is 0 Å². The molecule has 0 saturated heterocycles. The molecular formula is C8H10N2O3. The molecule has 5 heteroatoms. The van der Waals surface area contributed by atoms with Crippen LogP contribution in [0.4, 0.5) is 4.79 Å². The minimum absolute atomic E-state index is 0.0493. The molecule has 1 heterocycles. The molecule has 0 fully saturated rings. The van der Waals surface area contributed by atoms with Crippen LogP contribution in [0.1, 0.15) is 11.8 Å². The third kappa shape index (κ3) is 3.08. The van der Waals surface area contributed by atoms with Gasteiger partial charge in [0.25, 0.3) is 0 Å². The van der Waals surface area contributed by atoms with E-state index in [0.29, 0.717) is 5.69 Å². The first-order valence-corrected chi connectivity index (χ1v) is 3.76. The fourth-order valence-electron chi connectivity index (χ4n) is 0.862. The summed E-state index contributed by atoms with van der Waals surface area (Å²) in [7, 11) is 0. The maximum Gasteiger partial charge on any atom is 0.404 e. The lowest BCUT2D eigenvalue weighted by Crippen LogP contribution is -2.26. The van der Waals surface area contributed by atoms with Crippen molar-refractivity contribution in [1.82, 2.24) is 10.3 Å². The Bertz CT molecular complexity index is 276. The Balaban J connectivity index is 2.49. The molecule has 1 amide bonds. The topological polar surface area (TPSA) is 82.5 Å². The van der Waals surface area contributed by atoms with Gasteiger partial charge in [0.2, 0.25) is 0 Å². The van der Waals surface area contributed by atoms with E-state index < -0.39 is 12.2 Å². The van der Waals surface area contributed by atoms with Crippen LogP contribution in [0.3, 0.4) is 0 Å². The average molecular weight is 182 g/mol. The van der Waals surface area contributed by atoms with Crippen LogP contribution in [0.15, 0.2) is 24.4 Å². The third-order valence-corrected chi connectivity index (χ3v) is 1.48. The van der Waals surface area contributed by atoms with Gasteiger partial charge in [-0.1, -0.05) is 6.07 Å². The Labute approximate surface area is 75.0 Å². The summed E-state index contributed by atoms with van der Waals surface area (Å²) >= 11 is 0. The number of nitrogens with zero attached hydrogens (tertiary/aromatic N) is 1. The van der Waals surface area contributed by atoms with Gasteiger partial charge in [0.05, 0.1) is 12.2 Å². The fourth-order valence-corrected chi connectivity index (χ4v) is 0.862. The first-order chi connectivity index (χ1) is 6.20. The number of carboxylic acid groups (broad SMARTS) is 1. The van der Waals surface area contributed by atoms with E-state index >= 15 is 0 Å². The maximum absolute atomic E-state index is 10.1. The van der Waals surface area contributed by atoms with Crippen molar-refractivity contribution in [2.24, 2.45) is 0 Å². The standard InChI is InChI=1S/C8H10N2O3/c11-7(5-10-8(12)13)6-3-1-2-4-9-6/h1-4,7,10-11H,5H2,(H,12,13). The predicted octanol–water partition coefficient (Wildman–Crippen LogP) is 0.383. The molecule has 0 aliphatic rings. The molecule has 0 bridgehead atoms. The van der Waals surface area contributed by atoms with Gasteiger partial charge < -0.3 is 15.5 Å². The summed E-state index contributed by atoms with van der Waals surface area (Å²) < 4.78 is 0. The van der Waals surface area contributed by atoms with Crippen LogP contribution in [0.2, 0.25) is 0 Å². The number of rotatable bonds is 3. The first kappa shape index (κ1) is 9.47. The number of hydrogen-bond donors (Lipinski definition) is 3. The van der Waals surface area contributed by atoms with Gasteiger partial charge in [-0.3, -0.25) is 4.98 Å². The van der Waals surface area contributed by atoms with E-state index in [2.05, 4.69) is 10.3 Å². The summed E-state index contributed by atoms with van der Waals surface area (Å²) in [5.41, 5.74) is 0.455. The molecule has 5 nitrogen and oxygen atoms in total. The number of aromatic nitrogens is 1. The molecule has 1 aromatic heterocycles. The molecular weight excluding hydrogens is 172 g/mol. The van der Waals surface area contributed by atoms with E-state index in [-0.39, 0.29) is 6.54 Å². The van der Waals surface area contributed by atoms with E-state index in [1.54, 1.807) is 24.4 Å². The van der Waals surface area contributed by atoms with E-state index in [4.69, 9.17) is 5.11 Å². The quantitative estimate of drug-likeness (QED) is 0.631. The van der Waals surface area contributed by atoms with Gasteiger partial charge >= 0.3 is 6.09 Å². The minimum atomic E-state index is -1.16. The summed E-state index contributed by atoms with van der Waals surface area (Å²) in [6.45, 7) is -0.0493. The van der Waals surface area contributed by atoms with Crippen molar-refractivity contribution in [1.29, 1.82) is 0 Å². The van der Waals surface area contributed by atoms with E-state index in [1.807, 2.05) is 0 Å². The van der Waals surface area contributed by atoms with Crippen LogP contribution < -0.4 is 5.32 Å². The number of nitrogens with one attached hydrogen (secondary N) is 1. The van der Waals surface area contributed by atoms with E-state index in [1.165, 1.54) is 0 Å². The lowest BCUT2D eigenvalue weighted by molar-refractivity contribution is 0.156.